The minimum Gasteiger partial charge on any atom is -0.462 e. The van der Waals surface area contributed by atoms with Crippen molar-refractivity contribution in [3.63, 3.8) is 0 Å². The highest BCUT2D eigenvalue weighted by Gasteiger charge is 2.26. The molecule has 1 unspecified atom stereocenters. The first-order chi connectivity index (χ1) is 7.77. The lowest BCUT2D eigenvalue weighted by Crippen LogP contribution is -2.08. The Kier molecular flexibility index (Phi) is 2.91. The predicted octanol–water partition coefficient (Wildman–Crippen LogP) is 2.42. The van der Waals surface area contributed by atoms with Crippen molar-refractivity contribution in [2.45, 2.75) is 25.7 Å². The molecule has 1 aliphatic carbocycles. The van der Waals surface area contributed by atoms with Crippen LogP contribution in [0.4, 0.5) is 0 Å². The summed E-state index contributed by atoms with van der Waals surface area (Å²) in [6.45, 7) is 2.17. The van der Waals surface area contributed by atoms with E-state index in [1.54, 1.807) is 13.0 Å². The number of benzene rings is 1. The number of esters is 1. The summed E-state index contributed by atoms with van der Waals surface area (Å²) in [4.78, 5) is 11.7. The van der Waals surface area contributed by atoms with Crippen LogP contribution in [0.2, 0.25) is 0 Å². The minimum absolute atomic E-state index is 0.0654. The van der Waals surface area contributed by atoms with Crippen molar-refractivity contribution in [1.82, 2.24) is 0 Å². The smallest absolute Gasteiger partial charge is 0.338 e. The quantitative estimate of drug-likeness (QED) is 0.712. The second kappa shape index (κ2) is 4.36. The van der Waals surface area contributed by atoms with Crippen LogP contribution in [0.25, 0.3) is 0 Å². The van der Waals surface area contributed by atoms with Crippen molar-refractivity contribution in [1.29, 1.82) is 5.26 Å². The molecular formula is C13H13NO2. The molecule has 0 aliphatic heterocycles. The summed E-state index contributed by atoms with van der Waals surface area (Å²) in [5.74, 6) is -0.345. The highest BCUT2D eigenvalue weighted by atomic mass is 16.5. The van der Waals surface area contributed by atoms with Gasteiger partial charge >= 0.3 is 5.97 Å². The molecule has 0 radical (unpaired) electrons. The summed E-state index contributed by atoms with van der Waals surface area (Å²) in [5, 5.41) is 8.98. The molecule has 0 fully saturated rings. The van der Waals surface area contributed by atoms with Crippen LogP contribution in [-0.4, -0.2) is 12.6 Å². The van der Waals surface area contributed by atoms with Gasteiger partial charge in [0, 0.05) is 0 Å². The molecule has 82 valence electrons. The van der Waals surface area contributed by atoms with Gasteiger partial charge in [0.1, 0.15) is 0 Å². The number of hydrogen-bond acceptors (Lipinski definition) is 3. The van der Waals surface area contributed by atoms with Gasteiger partial charge < -0.3 is 4.74 Å². The Bertz CT molecular complexity index is 459. The third-order valence-electron chi connectivity index (χ3n) is 2.92. The second-order valence-electron chi connectivity index (χ2n) is 3.81. The maximum Gasteiger partial charge on any atom is 0.338 e. The average molecular weight is 215 g/mol. The fraction of sp³-hybridized carbons (Fsp3) is 0.385. The number of nitrogens with zero attached hydrogens (tertiary/aromatic N) is 1. The Labute approximate surface area is 94.6 Å². The van der Waals surface area contributed by atoms with Gasteiger partial charge in [-0.05, 0) is 37.0 Å². The normalized spacial score (nSPS) is 17.6. The standard InChI is InChI=1S/C13H13NO2/c1-2-16-13(15)12-5-3-4-10-9(8-14)6-7-11(10)12/h3-5,9H,2,6-7H2,1H3. The zero-order chi connectivity index (χ0) is 11.5. The van der Waals surface area contributed by atoms with Gasteiger partial charge in [-0.25, -0.2) is 4.79 Å². The highest BCUT2D eigenvalue weighted by Crippen LogP contribution is 2.34. The fourth-order valence-electron chi connectivity index (χ4n) is 2.19. The van der Waals surface area contributed by atoms with Crippen molar-refractivity contribution in [2.75, 3.05) is 6.61 Å². The highest BCUT2D eigenvalue weighted by molar-refractivity contribution is 5.91. The van der Waals surface area contributed by atoms with E-state index in [-0.39, 0.29) is 11.9 Å². The van der Waals surface area contributed by atoms with E-state index in [0.29, 0.717) is 12.2 Å². The molecule has 16 heavy (non-hydrogen) atoms. The van der Waals surface area contributed by atoms with Crippen molar-refractivity contribution in [3.05, 3.63) is 34.9 Å². The molecule has 0 N–H and O–H groups in total. The molecule has 0 aromatic heterocycles. The van der Waals surface area contributed by atoms with E-state index in [0.717, 1.165) is 24.0 Å². The minimum atomic E-state index is -0.280. The van der Waals surface area contributed by atoms with Gasteiger partial charge in [0.15, 0.2) is 0 Å². The Morgan fingerprint density at radius 1 is 1.62 bits per heavy atom. The van der Waals surface area contributed by atoms with Crippen LogP contribution >= 0.6 is 0 Å². The molecule has 0 saturated heterocycles. The van der Waals surface area contributed by atoms with Crippen LogP contribution in [0.3, 0.4) is 0 Å². The van der Waals surface area contributed by atoms with Crippen molar-refractivity contribution in [3.8, 4) is 6.07 Å². The molecule has 3 nitrogen and oxygen atoms in total. The first-order valence-electron chi connectivity index (χ1n) is 5.46. The molecular weight excluding hydrogens is 202 g/mol. The maximum absolute atomic E-state index is 11.7. The fourth-order valence-corrected chi connectivity index (χ4v) is 2.19. The second-order valence-corrected chi connectivity index (χ2v) is 3.81. The molecule has 0 heterocycles. The lowest BCUT2D eigenvalue weighted by atomic mass is 10.00. The summed E-state index contributed by atoms with van der Waals surface area (Å²) in [6, 6.07) is 7.79. The predicted molar refractivity (Wildman–Crippen MR) is 59.1 cm³/mol. The van der Waals surface area contributed by atoms with Crippen LogP contribution in [-0.2, 0) is 11.2 Å². The van der Waals surface area contributed by atoms with Crippen LogP contribution in [0, 0.1) is 11.3 Å². The van der Waals surface area contributed by atoms with Gasteiger partial charge in [-0.2, -0.15) is 5.26 Å². The summed E-state index contributed by atoms with van der Waals surface area (Å²) < 4.78 is 5.00. The Balaban J connectivity index is 2.40. The summed E-state index contributed by atoms with van der Waals surface area (Å²) in [5.41, 5.74) is 2.61. The first kappa shape index (κ1) is 10.7. The number of hydrogen-bond donors (Lipinski definition) is 0. The van der Waals surface area contributed by atoms with E-state index >= 15 is 0 Å². The molecule has 1 aliphatic rings. The Morgan fingerprint density at radius 2 is 2.44 bits per heavy atom. The summed E-state index contributed by atoms with van der Waals surface area (Å²) >= 11 is 0. The molecule has 1 aromatic carbocycles. The molecule has 0 bridgehead atoms. The van der Waals surface area contributed by atoms with Crippen LogP contribution in [0.1, 0.15) is 40.7 Å². The monoisotopic (exact) mass is 215 g/mol. The molecule has 0 spiro atoms. The average Bonchev–Trinajstić information content (AvgIpc) is 2.71. The van der Waals surface area contributed by atoms with Gasteiger partial charge in [0.2, 0.25) is 0 Å². The molecule has 1 aromatic rings. The number of ether oxygens (including phenoxy) is 1. The van der Waals surface area contributed by atoms with Gasteiger partial charge in [-0.3, -0.25) is 0 Å². The number of rotatable bonds is 2. The lowest BCUT2D eigenvalue weighted by molar-refractivity contribution is 0.0525. The number of fused-ring (bicyclic) bond motifs is 1. The zero-order valence-electron chi connectivity index (χ0n) is 9.19. The molecule has 2 rings (SSSR count). The first-order valence-corrected chi connectivity index (χ1v) is 5.46. The number of carbonyl (C=O) groups excluding carboxylic acids is 1. The molecule has 0 saturated carbocycles. The number of nitriles is 1. The Hall–Kier alpha value is -1.82. The van der Waals surface area contributed by atoms with E-state index < -0.39 is 0 Å². The van der Waals surface area contributed by atoms with Gasteiger partial charge in [-0.15, -0.1) is 0 Å². The SMILES string of the molecule is CCOC(=O)c1cccc2c1CCC2C#N. The van der Waals surface area contributed by atoms with Crippen molar-refractivity contribution in [2.24, 2.45) is 0 Å². The van der Waals surface area contributed by atoms with Crippen LogP contribution in [0.15, 0.2) is 18.2 Å². The van der Waals surface area contributed by atoms with E-state index in [1.165, 1.54) is 0 Å². The van der Waals surface area contributed by atoms with E-state index in [4.69, 9.17) is 10.00 Å². The third kappa shape index (κ3) is 1.67. The van der Waals surface area contributed by atoms with E-state index in [2.05, 4.69) is 6.07 Å². The third-order valence-corrected chi connectivity index (χ3v) is 2.92. The Morgan fingerprint density at radius 3 is 3.12 bits per heavy atom. The number of carbonyl (C=O) groups is 1. The molecule has 0 amide bonds. The van der Waals surface area contributed by atoms with Crippen LogP contribution in [0.5, 0.6) is 0 Å². The molecule has 3 heteroatoms. The van der Waals surface area contributed by atoms with E-state index in [9.17, 15) is 4.79 Å². The van der Waals surface area contributed by atoms with Gasteiger partial charge in [-0.1, -0.05) is 12.1 Å². The van der Waals surface area contributed by atoms with Gasteiger partial charge in [0.05, 0.1) is 24.2 Å². The maximum atomic E-state index is 11.7. The van der Waals surface area contributed by atoms with Crippen molar-refractivity contribution < 1.29 is 9.53 Å². The molecule has 1 atom stereocenters. The largest absolute Gasteiger partial charge is 0.462 e. The zero-order valence-corrected chi connectivity index (χ0v) is 9.19. The summed E-state index contributed by atoms with van der Waals surface area (Å²) in [6.07, 6.45) is 1.60. The van der Waals surface area contributed by atoms with Crippen molar-refractivity contribution >= 4 is 5.97 Å². The van der Waals surface area contributed by atoms with Gasteiger partial charge in [0.25, 0.3) is 0 Å². The van der Waals surface area contributed by atoms with E-state index in [1.807, 2.05) is 12.1 Å². The topological polar surface area (TPSA) is 50.1 Å². The lowest BCUT2D eigenvalue weighted by Gasteiger charge is -2.07. The van der Waals surface area contributed by atoms with Crippen LogP contribution < -0.4 is 0 Å². The summed E-state index contributed by atoms with van der Waals surface area (Å²) in [7, 11) is 0.